The lowest BCUT2D eigenvalue weighted by molar-refractivity contribution is 0.0701. The first-order valence-corrected chi connectivity index (χ1v) is 5.48. The molecule has 0 saturated carbocycles. The summed E-state index contributed by atoms with van der Waals surface area (Å²) in [6, 6.07) is 12.3. The first-order chi connectivity index (χ1) is 8.66. The van der Waals surface area contributed by atoms with Gasteiger partial charge >= 0.3 is 5.97 Å². The molecule has 0 aliphatic heterocycles. The zero-order valence-corrected chi connectivity index (χ0v) is 9.42. The molecule has 0 aliphatic carbocycles. The highest BCUT2D eigenvalue weighted by Crippen LogP contribution is 2.27. The van der Waals surface area contributed by atoms with Crippen LogP contribution in [0.1, 0.15) is 10.4 Å². The maximum absolute atomic E-state index is 11.5. The summed E-state index contributed by atoms with van der Waals surface area (Å²) in [6.45, 7) is 0. The fraction of sp³-hybridized carbons (Fsp3) is 0. The van der Waals surface area contributed by atoms with Crippen LogP contribution in [0.5, 0.6) is 0 Å². The average molecular weight is 238 g/mol. The number of anilines is 1. The van der Waals surface area contributed by atoms with Gasteiger partial charge in [-0.3, -0.25) is 0 Å². The standard InChI is InChI=1S/C14H10N2O2/c15-8-5-6-12-10(7-8)13(14(17)18)9-3-1-2-4-11(9)16-12/h1-7H,15H2,(H,17,18). The molecule has 0 unspecified atom stereocenters. The minimum Gasteiger partial charge on any atom is -0.478 e. The van der Waals surface area contributed by atoms with Crippen molar-refractivity contribution in [2.24, 2.45) is 0 Å². The van der Waals surface area contributed by atoms with Gasteiger partial charge in [-0.1, -0.05) is 18.2 Å². The van der Waals surface area contributed by atoms with E-state index in [1.54, 1.807) is 36.4 Å². The molecule has 0 atom stereocenters. The molecule has 3 N–H and O–H groups in total. The van der Waals surface area contributed by atoms with Crippen LogP contribution in [-0.2, 0) is 0 Å². The second-order valence-electron chi connectivity index (χ2n) is 4.09. The molecule has 0 fully saturated rings. The zero-order chi connectivity index (χ0) is 12.7. The Morgan fingerprint density at radius 1 is 1.06 bits per heavy atom. The SMILES string of the molecule is Nc1ccc2nc3ccccc3c(C(=O)O)c2c1. The number of nitrogen functional groups attached to an aromatic ring is 1. The van der Waals surface area contributed by atoms with E-state index in [4.69, 9.17) is 5.73 Å². The molecule has 0 saturated heterocycles. The summed E-state index contributed by atoms with van der Waals surface area (Å²) >= 11 is 0. The lowest BCUT2D eigenvalue weighted by Gasteiger charge is -2.07. The molecule has 1 heterocycles. The summed E-state index contributed by atoms with van der Waals surface area (Å²) in [7, 11) is 0. The molecule has 4 heteroatoms. The van der Waals surface area contributed by atoms with Gasteiger partial charge < -0.3 is 10.8 Å². The maximum atomic E-state index is 11.5. The quantitative estimate of drug-likeness (QED) is 0.504. The molecule has 18 heavy (non-hydrogen) atoms. The van der Waals surface area contributed by atoms with Crippen LogP contribution < -0.4 is 5.73 Å². The molecule has 0 amide bonds. The third-order valence-electron chi connectivity index (χ3n) is 2.92. The van der Waals surface area contributed by atoms with Crippen molar-refractivity contribution < 1.29 is 9.90 Å². The van der Waals surface area contributed by atoms with Gasteiger partial charge in [-0.05, 0) is 24.3 Å². The van der Waals surface area contributed by atoms with E-state index in [1.165, 1.54) is 0 Å². The number of para-hydroxylation sites is 1. The van der Waals surface area contributed by atoms with E-state index < -0.39 is 5.97 Å². The number of carboxylic acid groups (broad SMARTS) is 1. The largest absolute Gasteiger partial charge is 0.478 e. The van der Waals surface area contributed by atoms with Gasteiger partial charge in [0.1, 0.15) is 0 Å². The number of benzene rings is 2. The van der Waals surface area contributed by atoms with Crippen molar-refractivity contribution >= 4 is 33.5 Å². The second-order valence-corrected chi connectivity index (χ2v) is 4.09. The van der Waals surface area contributed by atoms with Crippen LogP contribution in [0.25, 0.3) is 21.8 Å². The number of hydrogen-bond donors (Lipinski definition) is 2. The van der Waals surface area contributed by atoms with Crippen molar-refractivity contribution in [1.82, 2.24) is 4.98 Å². The number of aromatic nitrogens is 1. The Morgan fingerprint density at radius 2 is 1.78 bits per heavy atom. The van der Waals surface area contributed by atoms with Crippen molar-refractivity contribution in [3.63, 3.8) is 0 Å². The van der Waals surface area contributed by atoms with E-state index in [1.807, 2.05) is 6.07 Å². The lowest BCUT2D eigenvalue weighted by atomic mass is 10.0. The fourth-order valence-electron chi connectivity index (χ4n) is 2.14. The average Bonchev–Trinajstić information content (AvgIpc) is 2.35. The molecular weight excluding hydrogens is 228 g/mol. The highest BCUT2D eigenvalue weighted by atomic mass is 16.4. The van der Waals surface area contributed by atoms with Gasteiger partial charge in [0.2, 0.25) is 0 Å². The summed E-state index contributed by atoms with van der Waals surface area (Å²) in [5.74, 6) is -0.968. The Balaban J connectivity index is 2.59. The molecule has 88 valence electrons. The molecule has 0 aliphatic rings. The van der Waals surface area contributed by atoms with Crippen LogP contribution in [0.4, 0.5) is 5.69 Å². The number of rotatable bonds is 1. The van der Waals surface area contributed by atoms with Crippen LogP contribution in [0.3, 0.4) is 0 Å². The highest BCUT2D eigenvalue weighted by molar-refractivity contribution is 6.14. The van der Waals surface area contributed by atoms with Crippen molar-refractivity contribution in [3.05, 3.63) is 48.0 Å². The summed E-state index contributed by atoms with van der Waals surface area (Å²) in [6.07, 6.45) is 0. The molecule has 3 rings (SSSR count). The lowest BCUT2D eigenvalue weighted by Crippen LogP contribution is -2.01. The van der Waals surface area contributed by atoms with Crippen LogP contribution in [0.2, 0.25) is 0 Å². The van der Waals surface area contributed by atoms with Crippen LogP contribution in [0, 0.1) is 0 Å². The predicted octanol–water partition coefficient (Wildman–Crippen LogP) is 2.67. The van der Waals surface area contributed by atoms with E-state index in [0.29, 0.717) is 27.5 Å². The Hall–Kier alpha value is -2.62. The summed E-state index contributed by atoms with van der Waals surface area (Å²) in [4.78, 5) is 15.9. The summed E-state index contributed by atoms with van der Waals surface area (Å²) in [5, 5.41) is 10.6. The smallest absolute Gasteiger partial charge is 0.337 e. The number of hydrogen-bond acceptors (Lipinski definition) is 3. The Morgan fingerprint density at radius 3 is 2.56 bits per heavy atom. The van der Waals surface area contributed by atoms with E-state index in [-0.39, 0.29) is 5.56 Å². The highest BCUT2D eigenvalue weighted by Gasteiger charge is 2.14. The number of carboxylic acids is 1. The van der Waals surface area contributed by atoms with E-state index in [0.717, 1.165) is 0 Å². The van der Waals surface area contributed by atoms with Crippen LogP contribution >= 0.6 is 0 Å². The number of aromatic carboxylic acids is 1. The van der Waals surface area contributed by atoms with E-state index >= 15 is 0 Å². The van der Waals surface area contributed by atoms with Gasteiger partial charge in [-0.15, -0.1) is 0 Å². The number of nitrogens with two attached hydrogens (primary N) is 1. The second kappa shape index (κ2) is 3.70. The number of nitrogens with zero attached hydrogens (tertiary/aromatic N) is 1. The first kappa shape index (κ1) is 10.5. The molecule has 1 aromatic heterocycles. The molecule has 3 aromatic rings. The minimum absolute atomic E-state index is 0.253. The van der Waals surface area contributed by atoms with E-state index in [9.17, 15) is 9.90 Å². The Labute approximate surface area is 103 Å². The number of fused-ring (bicyclic) bond motifs is 2. The van der Waals surface area contributed by atoms with Crippen molar-refractivity contribution in [2.45, 2.75) is 0 Å². The van der Waals surface area contributed by atoms with Gasteiger partial charge in [0.15, 0.2) is 0 Å². The molecule has 4 nitrogen and oxygen atoms in total. The molecule has 0 bridgehead atoms. The Bertz CT molecular complexity index is 781. The van der Waals surface area contributed by atoms with Gasteiger partial charge in [0.05, 0.1) is 16.6 Å². The maximum Gasteiger partial charge on any atom is 0.337 e. The van der Waals surface area contributed by atoms with Gasteiger partial charge in [-0.25, -0.2) is 9.78 Å². The molecule has 0 spiro atoms. The van der Waals surface area contributed by atoms with Gasteiger partial charge in [-0.2, -0.15) is 0 Å². The van der Waals surface area contributed by atoms with Crippen molar-refractivity contribution in [1.29, 1.82) is 0 Å². The number of pyridine rings is 1. The summed E-state index contributed by atoms with van der Waals surface area (Å²) in [5.41, 5.74) is 7.81. The molecule has 0 radical (unpaired) electrons. The normalized spacial score (nSPS) is 10.9. The zero-order valence-electron chi connectivity index (χ0n) is 9.42. The topological polar surface area (TPSA) is 76.2 Å². The predicted molar refractivity (Wildman–Crippen MR) is 70.6 cm³/mol. The van der Waals surface area contributed by atoms with Crippen molar-refractivity contribution in [3.8, 4) is 0 Å². The van der Waals surface area contributed by atoms with Gasteiger partial charge in [0.25, 0.3) is 0 Å². The van der Waals surface area contributed by atoms with Crippen molar-refractivity contribution in [2.75, 3.05) is 5.73 Å². The molecular formula is C14H10N2O2. The fourth-order valence-corrected chi connectivity index (χ4v) is 2.14. The van der Waals surface area contributed by atoms with Crippen LogP contribution in [0.15, 0.2) is 42.5 Å². The third-order valence-corrected chi connectivity index (χ3v) is 2.92. The van der Waals surface area contributed by atoms with E-state index in [2.05, 4.69) is 4.98 Å². The molecule has 2 aromatic carbocycles. The van der Waals surface area contributed by atoms with Crippen LogP contribution in [-0.4, -0.2) is 16.1 Å². The minimum atomic E-state index is -0.968. The third kappa shape index (κ3) is 1.47. The monoisotopic (exact) mass is 238 g/mol. The first-order valence-electron chi connectivity index (χ1n) is 5.48. The number of carbonyl (C=O) groups is 1. The van der Waals surface area contributed by atoms with Gasteiger partial charge in [0, 0.05) is 16.5 Å². The Kier molecular flexibility index (Phi) is 2.16. The summed E-state index contributed by atoms with van der Waals surface area (Å²) < 4.78 is 0.